The molecular weight excluding hydrogens is 442 g/mol. The van der Waals surface area contributed by atoms with Gasteiger partial charge in [-0.25, -0.2) is 0 Å². The van der Waals surface area contributed by atoms with Gasteiger partial charge in [0, 0.05) is 49.5 Å². The molecule has 5 rings (SSSR count). The zero-order valence-corrected chi connectivity index (χ0v) is 20.8. The van der Waals surface area contributed by atoms with E-state index in [4.69, 9.17) is 17.0 Å². The van der Waals surface area contributed by atoms with Crippen LogP contribution in [0.25, 0.3) is 0 Å². The maximum absolute atomic E-state index is 5.87. The molecule has 0 bridgehead atoms. The number of hydrogen-bond donors (Lipinski definition) is 1. The Morgan fingerprint density at radius 2 is 1.79 bits per heavy atom. The Hall–Kier alpha value is -2.74. The van der Waals surface area contributed by atoms with E-state index in [1.54, 1.807) is 0 Å². The van der Waals surface area contributed by atoms with Crippen LogP contribution in [0, 0.1) is 13.8 Å². The highest BCUT2D eigenvalue weighted by Gasteiger charge is 2.42. The zero-order valence-electron chi connectivity index (χ0n) is 20.0. The number of aryl methyl sites for hydroxylation is 1. The molecule has 4 heterocycles. The van der Waals surface area contributed by atoms with E-state index in [1.807, 2.05) is 24.4 Å². The van der Waals surface area contributed by atoms with Gasteiger partial charge in [-0.3, -0.25) is 9.88 Å². The Bertz CT molecular complexity index is 1110. The Kier molecular flexibility index (Phi) is 6.94. The second-order valence-electron chi connectivity index (χ2n) is 9.12. The number of thiocarbonyl (C=S) groups is 1. The minimum Gasteiger partial charge on any atom is -0.379 e. The van der Waals surface area contributed by atoms with Crippen LogP contribution < -0.4 is 10.2 Å². The van der Waals surface area contributed by atoms with Crippen LogP contribution in [0.2, 0.25) is 0 Å². The van der Waals surface area contributed by atoms with Crippen LogP contribution in [0.15, 0.2) is 60.8 Å². The Morgan fingerprint density at radius 1 is 1.03 bits per heavy atom. The van der Waals surface area contributed by atoms with Gasteiger partial charge in [-0.1, -0.05) is 24.3 Å². The summed E-state index contributed by atoms with van der Waals surface area (Å²) in [5, 5.41) is 4.32. The molecule has 178 valence electrons. The van der Waals surface area contributed by atoms with Crippen molar-refractivity contribution in [2.24, 2.45) is 0 Å². The van der Waals surface area contributed by atoms with Crippen LogP contribution in [-0.2, 0) is 11.3 Å². The summed E-state index contributed by atoms with van der Waals surface area (Å²) in [5.74, 6) is 0. The molecule has 2 saturated heterocycles. The number of rotatable bonds is 7. The molecule has 0 radical (unpaired) electrons. The number of nitrogens with one attached hydrogen (secondary N) is 1. The van der Waals surface area contributed by atoms with Gasteiger partial charge < -0.3 is 19.5 Å². The minimum absolute atomic E-state index is 0.0174. The molecule has 2 aromatic heterocycles. The van der Waals surface area contributed by atoms with Gasteiger partial charge in [0.1, 0.15) is 0 Å². The van der Waals surface area contributed by atoms with Gasteiger partial charge in [-0.2, -0.15) is 0 Å². The highest BCUT2D eigenvalue weighted by Crippen LogP contribution is 2.43. The first-order chi connectivity index (χ1) is 16.6. The van der Waals surface area contributed by atoms with Crippen molar-refractivity contribution < 1.29 is 4.74 Å². The van der Waals surface area contributed by atoms with Gasteiger partial charge >= 0.3 is 0 Å². The molecule has 0 aliphatic carbocycles. The van der Waals surface area contributed by atoms with Gasteiger partial charge in [-0.05, 0) is 68.4 Å². The molecule has 2 unspecified atom stereocenters. The zero-order chi connectivity index (χ0) is 23.5. The summed E-state index contributed by atoms with van der Waals surface area (Å²) in [6.45, 7) is 10.4. The number of para-hydroxylation sites is 1. The maximum atomic E-state index is 5.87. The fourth-order valence-corrected chi connectivity index (χ4v) is 5.63. The van der Waals surface area contributed by atoms with Crippen LogP contribution in [0.3, 0.4) is 0 Å². The first-order valence-electron chi connectivity index (χ1n) is 12.2. The second-order valence-corrected chi connectivity index (χ2v) is 9.50. The third-order valence-electron chi connectivity index (χ3n) is 7.02. The molecule has 2 fully saturated rings. The van der Waals surface area contributed by atoms with Crippen molar-refractivity contribution in [3.05, 3.63) is 83.4 Å². The topological polar surface area (TPSA) is 45.6 Å². The molecule has 0 saturated carbocycles. The largest absolute Gasteiger partial charge is 0.379 e. The van der Waals surface area contributed by atoms with E-state index in [-0.39, 0.29) is 12.1 Å². The van der Waals surface area contributed by atoms with Crippen molar-refractivity contribution in [3.63, 3.8) is 0 Å². The number of anilines is 1. The van der Waals surface area contributed by atoms with E-state index >= 15 is 0 Å². The highest BCUT2D eigenvalue weighted by molar-refractivity contribution is 7.80. The van der Waals surface area contributed by atoms with E-state index in [0.717, 1.165) is 62.3 Å². The third kappa shape index (κ3) is 4.60. The number of aromatic nitrogens is 2. The highest BCUT2D eigenvalue weighted by atomic mass is 32.1. The summed E-state index contributed by atoms with van der Waals surface area (Å²) in [7, 11) is 0. The lowest BCUT2D eigenvalue weighted by molar-refractivity contribution is 0.0369. The number of nitrogens with zero attached hydrogens (tertiary/aromatic N) is 4. The van der Waals surface area contributed by atoms with E-state index in [0.29, 0.717) is 0 Å². The lowest BCUT2D eigenvalue weighted by Gasteiger charge is -2.28. The van der Waals surface area contributed by atoms with Gasteiger partial charge in [0.15, 0.2) is 5.11 Å². The van der Waals surface area contributed by atoms with Gasteiger partial charge in [0.25, 0.3) is 0 Å². The second kappa shape index (κ2) is 10.3. The van der Waals surface area contributed by atoms with Crippen molar-refractivity contribution in [2.45, 2.75) is 38.9 Å². The molecule has 2 aliphatic heterocycles. The summed E-state index contributed by atoms with van der Waals surface area (Å²) in [6, 6.07) is 18.9. The monoisotopic (exact) mass is 475 g/mol. The van der Waals surface area contributed by atoms with Gasteiger partial charge in [-0.15, -0.1) is 0 Å². The molecule has 2 aliphatic rings. The predicted molar refractivity (Wildman–Crippen MR) is 140 cm³/mol. The van der Waals surface area contributed by atoms with Crippen molar-refractivity contribution in [1.82, 2.24) is 19.8 Å². The summed E-state index contributed by atoms with van der Waals surface area (Å²) >= 11 is 5.87. The summed E-state index contributed by atoms with van der Waals surface area (Å²) in [5.41, 5.74) is 6.00. The molecule has 1 aromatic carbocycles. The van der Waals surface area contributed by atoms with Crippen LogP contribution in [0.5, 0.6) is 0 Å². The van der Waals surface area contributed by atoms with Crippen LogP contribution in [-0.4, -0.2) is 52.4 Å². The Balaban J connectivity index is 1.45. The number of benzene rings is 1. The lowest BCUT2D eigenvalue weighted by atomic mass is 9.96. The molecular formula is C27H33N5OS. The SMILES string of the molecule is Cc1cc(C2C(c3ccccn3)NC(=S)N2c2ccccc2)c(C)n1CCCN1CCOCC1. The molecule has 2 atom stereocenters. The molecule has 1 N–H and O–H groups in total. The van der Waals surface area contributed by atoms with Crippen LogP contribution in [0.4, 0.5) is 5.69 Å². The normalized spacial score (nSPS) is 21.1. The molecule has 6 nitrogen and oxygen atoms in total. The predicted octanol–water partition coefficient (Wildman–Crippen LogP) is 4.40. The van der Waals surface area contributed by atoms with E-state index in [1.165, 1.54) is 17.0 Å². The van der Waals surface area contributed by atoms with Gasteiger partial charge in [0.05, 0.1) is 31.0 Å². The molecule has 0 spiro atoms. The van der Waals surface area contributed by atoms with Crippen molar-refractivity contribution in [1.29, 1.82) is 0 Å². The van der Waals surface area contributed by atoms with E-state index in [2.05, 4.69) is 74.9 Å². The first-order valence-corrected chi connectivity index (χ1v) is 12.6. The fraction of sp³-hybridized carbons (Fsp3) is 0.407. The summed E-state index contributed by atoms with van der Waals surface area (Å²) in [4.78, 5) is 9.45. The molecule has 34 heavy (non-hydrogen) atoms. The molecule has 7 heteroatoms. The number of hydrogen-bond acceptors (Lipinski definition) is 4. The Labute approximate surface area is 207 Å². The maximum Gasteiger partial charge on any atom is 0.174 e. The lowest BCUT2D eigenvalue weighted by Crippen LogP contribution is -2.37. The van der Waals surface area contributed by atoms with E-state index in [9.17, 15) is 0 Å². The molecule has 3 aromatic rings. The van der Waals surface area contributed by atoms with Crippen LogP contribution in [0.1, 0.15) is 41.1 Å². The molecule has 0 amide bonds. The van der Waals surface area contributed by atoms with E-state index < -0.39 is 0 Å². The Morgan fingerprint density at radius 3 is 2.53 bits per heavy atom. The van der Waals surface area contributed by atoms with Gasteiger partial charge in [0.2, 0.25) is 0 Å². The van der Waals surface area contributed by atoms with Crippen LogP contribution >= 0.6 is 12.2 Å². The fourth-order valence-electron chi connectivity index (χ4n) is 5.29. The average Bonchev–Trinajstić information content (AvgIpc) is 3.36. The smallest absolute Gasteiger partial charge is 0.174 e. The summed E-state index contributed by atoms with van der Waals surface area (Å²) < 4.78 is 7.96. The number of ether oxygens (including phenoxy) is 1. The average molecular weight is 476 g/mol. The quantitative estimate of drug-likeness (QED) is 0.511. The van der Waals surface area contributed by atoms with Crippen molar-refractivity contribution >= 4 is 23.0 Å². The standard InChI is InChI=1S/C27H33N5OS/c1-20-19-23(21(2)31(20)14-8-13-30-15-17-33-18-16-30)26-25(24-11-6-7-12-28-24)29-27(34)32(26)22-9-4-3-5-10-22/h3-7,9-12,19,25-26H,8,13-18H2,1-2H3,(H,29,34). The van der Waals surface area contributed by atoms with Crippen molar-refractivity contribution in [3.8, 4) is 0 Å². The summed E-state index contributed by atoms with van der Waals surface area (Å²) in [6.07, 6.45) is 2.99. The minimum atomic E-state index is -0.0174. The first kappa shape index (κ1) is 23.0. The van der Waals surface area contributed by atoms with Crippen molar-refractivity contribution in [2.75, 3.05) is 37.7 Å². The number of morpholine rings is 1. The number of pyridine rings is 1. The third-order valence-corrected chi connectivity index (χ3v) is 7.34.